The van der Waals surface area contributed by atoms with E-state index in [1.165, 1.54) is 32.1 Å². The van der Waals surface area contributed by atoms with E-state index in [0.717, 1.165) is 6.42 Å². The minimum absolute atomic E-state index is 0.0334. The molecular weight excluding hydrogens is 236 g/mol. The van der Waals surface area contributed by atoms with Crippen LogP contribution in [0.2, 0.25) is 0 Å². The first kappa shape index (κ1) is 14.8. The summed E-state index contributed by atoms with van der Waals surface area (Å²) in [5.74, 6) is 1.47. The number of amides is 1. The van der Waals surface area contributed by atoms with Crippen LogP contribution in [0.3, 0.4) is 0 Å². The Morgan fingerprint density at radius 3 is 2.47 bits per heavy atom. The van der Waals surface area contributed by atoms with E-state index in [4.69, 9.17) is 0 Å². The fourth-order valence-electron chi connectivity index (χ4n) is 3.80. The second-order valence-corrected chi connectivity index (χ2v) is 6.59. The summed E-state index contributed by atoms with van der Waals surface area (Å²) in [5.41, 5.74) is 0. The molecule has 1 saturated heterocycles. The van der Waals surface area contributed by atoms with E-state index in [1.54, 1.807) is 0 Å². The lowest BCUT2D eigenvalue weighted by molar-refractivity contribution is -0.133. The Balaban J connectivity index is 2.04. The van der Waals surface area contributed by atoms with Gasteiger partial charge in [-0.25, -0.2) is 0 Å². The molecular formula is C16H30N2O. The first-order valence-corrected chi connectivity index (χ1v) is 8.14. The average Bonchev–Trinajstić information content (AvgIpc) is 2.73. The van der Waals surface area contributed by atoms with Gasteiger partial charge in [-0.15, -0.1) is 0 Å². The lowest BCUT2D eigenvalue weighted by Gasteiger charge is -2.36. The van der Waals surface area contributed by atoms with Gasteiger partial charge in [0.2, 0.25) is 5.91 Å². The van der Waals surface area contributed by atoms with Crippen molar-refractivity contribution in [3.63, 3.8) is 0 Å². The maximum absolute atomic E-state index is 12.7. The molecule has 0 radical (unpaired) electrons. The SMILES string of the molecule is CCC(C)C1NC(C)N(C(C)C2CCCCC2)C1=O. The number of hydrogen-bond donors (Lipinski definition) is 1. The van der Waals surface area contributed by atoms with E-state index in [0.29, 0.717) is 23.8 Å². The van der Waals surface area contributed by atoms with Gasteiger partial charge in [0.05, 0.1) is 12.2 Å². The van der Waals surface area contributed by atoms with Crippen LogP contribution in [-0.2, 0) is 4.79 Å². The van der Waals surface area contributed by atoms with Crippen molar-refractivity contribution in [2.24, 2.45) is 11.8 Å². The van der Waals surface area contributed by atoms with Gasteiger partial charge in [0, 0.05) is 6.04 Å². The third-order valence-corrected chi connectivity index (χ3v) is 5.34. The summed E-state index contributed by atoms with van der Waals surface area (Å²) in [5, 5.41) is 3.50. The van der Waals surface area contributed by atoms with Crippen molar-refractivity contribution in [1.29, 1.82) is 0 Å². The van der Waals surface area contributed by atoms with Crippen LogP contribution in [-0.4, -0.2) is 29.1 Å². The third kappa shape index (κ3) is 2.96. The van der Waals surface area contributed by atoms with Gasteiger partial charge in [-0.2, -0.15) is 0 Å². The molecule has 1 N–H and O–H groups in total. The number of nitrogens with zero attached hydrogens (tertiary/aromatic N) is 1. The standard InChI is InChI=1S/C16H30N2O/c1-5-11(2)15-16(19)18(13(4)17-15)12(3)14-9-7-6-8-10-14/h11-15,17H,5-10H2,1-4H3. The van der Waals surface area contributed by atoms with Crippen molar-refractivity contribution < 1.29 is 4.79 Å². The molecule has 0 aromatic carbocycles. The van der Waals surface area contributed by atoms with Crippen molar-refractivity contribution in [2.45, 2.75) is 84.5 Å². The lowest BCUT2D eigenvalue weighted by Crippen LogP contribution is -2.45. The van der Waals surface area contributed by atoms with Crippen molar-refractivity contribution in [3.8, 4) is 0 Å². The maximum atomic E-state index is 12.7. The summed E-state index contributed by atoms with van der Waals surface area (Å²) in [7, 11) is 0. The number of nitrogens with one attached hydrogen (secondary N) is 1. The van der Waals surface area contributed by atoms with Crippen LogP contribution in [0.4, 0.5) is 0 Å². The number of rotatable bonds is 4. The molecule has 19 heavy (non-hydrogen) atoms. The van der Waals surface area contributed by atoms with Gasteiger partial charge in [-0.05, 0) is 38.5 Å². The summed E-state index contributed by atoms with van der Waals surface area (Å²) < 4.78 is 0. The zero-order chi connectivity index (χ0) is 14.0. The van der Waals surface area contributed by atoms with Crippen LogP contribution in [0.1, 0.15) is 66.2 Å². The molecule has 1 heterocycles. The van der Waals surface area contributed by atoms with E-state index >= 15 is 0 Å². The van der Waals surface area contributed by atoms with Gasteiger partial charge in [0.1, 0.15) is 0 Å². The first-order valence-electron chi connectivity index (χ1n) is 8.14. The molecule has 3 heteroatoms. The molecule has 1 amide bonds. The van der Waals surface area contributed by atoms with Crippen molar-refractivity contribution >= 4 is 5.91 Å². The highest BCUT2D eigenvalue weighted by Gasteiger charge is 2.42. The maximum Gasteiger partial charge on any atom is 0.241 e. The minimum atomic E-state index is 0.0334. The van der Waals surface area contributed by atoms with Gasteiger partial charge in [0.25, 0.3) is 0 Å². The molecule has 4 unspecified atom stereocenters. The normalized spacial score (nSPS) is 32.6. The molecule has 1 aliphatic heterocycles. The smallest absolute Gasteiger partial charge is 0.241 e. The van der Waals surface area contributed by atoms with Crippen LogP contribution in [0, 0.1) is 11.8 Å². The molecule has 3 nitrogen and oxygen atoms in total. The Hall–Kier alpha value is -0.570. The summed E-state index contributed by atoms with van der Waals surface area (Å²) in [6.45, 7) is 8.74. The highest BCUT2D eigenvalue weighted by molar-refractivity contribution is 5.84. The van der Waals surface area contributed by atoms with Gasteiger partial charge in [-0.3, -0.25) is 10.1 Å². The van der Waals surface area contributed by atoms with Crippen molar-refractivity contribution in [2.75, 3.05) is 0 Å². The van der Waals surface area contributed by atoms with Gasteiger partial charge in [-0.1, -0.05) is 39.5 Å². The fraction of sp³-hybridized carbons (Fsp3) is 0.938. The molecule has 1 aliphatic carbocycles. The van der Waals surface area contributed by atoms with Crippen LogP contribution >= 0.6 is 0 Å². The Morgan fingerprint density at radius 1 is 1.26 bits per heavy atom. The highest BCUT2D eigenvalue weighted by atomic mass is 16.2. The molecule has 4 atom stereocenters. The second-order valence-electron chi connectivity index (χ2n) is 6.59. The van der Waals surface area contributed by atoms with Gasteiger partial charge in [0.15, 0.2) is 0 Å². The fourth-order valence-corrected chi connectivity index (χ4v) is 3.80. The lowest BCUT2D eigenvalue weighted by atomic mass is 9.83. The molecule has 1 saturated carbocycles. The minimum Gasteiger partial charge on any atom is -0.323 e. The van der Waals surface area contributed by atoms with E-state index in [9.17, 15) is 4.79 Å². The molecule has 2 fully saturated rings. The molecule has 0 bridgehead atoms. The monoisotopic (exact) mass is 266 g/mol. The van der Waals surface area contributed by atoms with Crippen molar-refractivity contribution in [3.05, 3.63) is 0 Å². The Labute approximate surface area is 118 Å². The molecule has 0 aromatic rings. The summed E-state index contributed by atoms with van der Waals surface area (Å²) >= 11 is 0. The third-order valence-electron chi connectivity index (χ3n) is 5.34. The van der Waals surface area contributed by atoms with E-state index in [1.807, 2.05) is 0 Å². The summed E-state index contributed by atoms with van der Waals surface area (Å²) in [4.78, 5) is 14.8. The predicted octanol–water partition coefficient (Wildman–Crippen LogP) is 3.15. The van der Waals surface area contributed by atoms with Crippen molar-refractivity contribution in [1.82, 2.24) is 10.2 Å². The topological polar surface area (TPSA) is 32.3 Å². The predicted molar refractivity (Wildman–Crippen MR) is 78.7 cm³/mol. The molecule has 110 valence electrons. The van der Waals surface area contributed by atoms with Gasteiger partial charge < -0.3 is 4.90 Å². The van der Waals surface area contributed by atoms with Crippen LogP contribution < -0.4 is 5.32 Å². The van der Waals surface area contributed by atoms with Crippen LogP contribution in [0.15, 0.2) is 0 Å². The molecule has 2 aliphatic rings. The summed E-state index contributed by atoms with van der Waals surface area (Å²) in [6.07, 6.45) is 7.91. The van der Waals surface area contributed by atoms with Gasteiger partial charge >= 0.3 is 0 Å². The molecule has 2 rings (SSSR count). The second kappa shape index (κ2) is 6.25. The molecule has 0 spiro atoms. The Bertz CT molecular complexity index is 312. The first-order chi connectivity index (χ1) is 9.06. The Kier molecular flexibility index (Phi) is 4.88. The highest BCUT2D eigenvalue weighted by Crippen LogP contribution is 2.32. The zero-order valence-corrected chi connectivity index (χ0v) is 13.0. The quantitative estimate of drug-likeness (QED) is 0.848. The largest absolute Gasteiger partial charge is 0.323 e. The van der Waals surface area contributed by atoms with E-state index in [2.05, 4.69) is 37.9 Å². The average molecular weight is 266 g/mol. The van der Waals surface area contributed by atoms with Crippen LogP contribution in [0.5, 0.6) is 0 Å². The number of hydrogen-bond acceptors (Lipinski definition) is 2. The number of carbonyl (C=O) groups is 1. The molecule has 0 aromatic heterocycles. The summed E-state index contributed by atoms with van der Waals surface area (Å²) in [6, 6.07) is 0.426. The zero-order valence-electron chi connectivity index (χ0n) is 13.0. The van der Waals surface area contributed by atoms with E-state index in [-0.39, 0.29) is 12.2 Å². The van der Waals surface area contributed by atoms with E-state index < -0.39 is 0 Å². The number of carbonyl (C=O) groups excluding carboxylic acids is 1. The van der Waals surface area contributed by atoms with Crippen LogP contribution in [0.25, 0.3) is 0 Å². The Morgan fingerprint density at radius 2 is 1.89 bits per heavy atom.